The van der Waals surface area contributed by atoms with Gasteiger partial charge in [0, 0.05) is 19.6 Å². The molecule has 4 unspecified atom stereocenters. The molecule has 0 radical (unpaired) electrons. The molecular weight excluding hydrogens is 448 g/mol. The second kappa shape index (κ2) is 10.2. The highest BCUT2D eigenvalue weighted by molar-refractivity contribution is 8.04. The van der Waals surface area contributed by atoms with Gasteiger partial charge in [-0.05, 0) is 47.1 Å². The fraction of sp³-hybridized carbons (Fsp3) is 0.385. The van der Waals surface area contributed by atoms with E-state index in [0.717, 1.165) is 41.8 Å². The molecule has 7 nitrogen and oxygen atoms in total. The van der Waals surface area contributed by atoms with Gasteiger partial charge in [0.05, 0.1) is 19.1 Å². The predicted octanol–water partition coefficient (Wildman–Crippen LogP) is 2.55. The molecule has 8 heteroatoms. The minimum Gasteiger partial charge on any atom is -0.497 e. The van der Waals surface area contributed by atoms with Crippen LogP contribution in [0.5, 0.6) is 5.75 Å². The van der Waals surface area contributed by atoms with Crippen molar-refractivity contribution in [3.8, 4) is 5.75 Å². The van der Waals surface area contributed by atoms with Gasteiger partial charge >= 0.3 is 0 Å². The summed E-state index contributed by atoms with van der Waals surface area (Å²) in [4.78, 5) is 28.0. The summed E-state index contributed by atoms with van der Waals surface area (Å²) in [5, 5.41) is 11.7. The van der Waals surface area contributed by atoms with E-state index in [4.69, 9.17) is 4.74 Å². The molecule has 3 aliphatic heterocycles. The molecule has 0 saturated carbocycles. The Morgan fingerprint density at radius 3 is 2.88 bits per heavy atom. The second-order valence-corrected chi connectivity index (χ2v) is 9.97. The summed E-state index contributed by atoms with van der Waals surface area (Å²) in [5.41, 5.74) is 3.24. The second-order valence-electron chi connectivity index (χ2n) is 8.95. The van der Waals surface area contributed by atoms with Crippen molar-refractivity contribution in [1.82, 2.24) is 20.9 Å². The Balaban J connectivity index is 1.24. The van der Waals surface area contributed by atoms with Gasteiger partial charge in [0.15, 0.2) is 0 Å². The van der Waals surface area contributed by atoms with Crippen LogP contribution < -0.4 is 20.7 Å². The van der Waals surface area contributed by atoms with Crippen LogP contribution >= 0.6 is 11.8 Å². The molecule has 2 amide bonds. The molecule has 3 heterocycles. The first-order valence-corrected chi connectivity index (χ1v) is 12.7. The number of nitrogens with one attached hydrogen (secondary N) is 3. The van der Waals surface area contributed by atoms with Crippen LogP contribution in [0.3, 0.4) is 0 Å². The minimum absolute atomic E-state index is 0.0311. The van der Waals surface area contributed by atoms with Gasteiger partial charge in [-0.25, -0.2) is 0 Å². The minimum atomic E-state index is -0.300. The highest BCUT2D eigenvalue weighted by Crippen LogP contribution is 2.39. The zero-order valence-corrected chi connectivity index (χ0v) is 20.0. The van der Waals surface area contributed by atoms with Crippen molar-refractivity contribution in [3.05, 3.63) is 71.1 Å². The van der Waals surface area contributed by atoms with Crippen molar-refractivity contribution in [1.29, 1.82) is 0 Å². The summed E-state index contributed by atoms with van der Waals surface area (Å²) >= 11 is 1.55. The fourth-order valence-electron chi connectivity index (χ4n) is 4.91. The van der Waals surface area contributed by atoms with Crippen molar-refractivity contribution in [2.75, 3.05) is 20.2 Å². The lowest BCUT2D eigenvalue weighted by Gasteiger charge is -2.43. The van der Waals surface area contributed by atoms with E-state index in [1.807, 2.05) is 48.5 Å². The van der Waals surface area contributed by atoms with Crippen molar-refractivity contribution in [3.63, 3.8) is 0 Å². The van der Waals surface area contributed by atoms with Gasteiger partial charge in [0.1, 0.15) is 17.3 Å². The fourth-order valence-corrected chi connectivity index (χ4v) is 6.06. The molecule has 4 atom stereocenters. The van der Waals surface area contributed by atoms with Crippen molar-refractivity contribution in [2.45, 2.75) is 37.0 Å². The lowest BCUT2D eigenvalue weighted by atomic mass is 9.94. The molecule has 0 spiro atoms. The normalized spacial score (nSPS) is 26.9. The summed E-state index contributed by atoms with van der Waals surface area (Å²) in [6.07, 6.45) is 1.47. The number of carbonyl (C=O) groups is 2. The summed E-state index contributed by atoms with van der Waals surface area (Å²) in [6, 6.07) is 17.8. The van der Waals surface area contributed by atoms with Crippen LogP contribution in [0.2, 0.25) is 0 Å². The Hall–Kier alpha value is -2.81. The maximum atomic E-state index is 13.0. The molecule has 34 heavy (non-hydrogen) atoms. The molecule has 3 aliphatic rings. The van der Waals surface area contributed by atoms with E-state index in [9.17, 15) is 9.59 Å². The number of benzene rings is 2. The van der Waals surface area contributed by atoms with Gasteiger partial charge in [-0.3, -0.25) is 19.8 Å². The third kappa shape index (κ3) is 4.85. The smallest absolute Gasteiger partial charge is 0.237 e. The van der Waals surface area contributed by atoms with Gasteiger partial charge in [-0.1, -0.05) is 42.5 Å². The van der Waals surface area contributed by atoms with Gasteiger partial charge in [-0.2, -0.15) is 0 Å². The van der Waals surface area contributed by atoms with E-state index in [0.29, 0.717) is 13.1 Å². The Morgan fingerprint density at radius 1 is 1.21 bits per heavy atom. The number of nitrogens with zero attached hydrogens (tertiary/aromatic N) is 1. The number of hydrogen-bond acceptors (Lipinski definition) is 6. The van der Waals surface area contributed by atoms with Crippen molar-refractivity contribution in [2.24, 2.45) is 5.92 Å². The topological polar surface area (TPSA) is 82.7 Å². The molecule has 2 saturated heterocycles. The number of carbonyl (C=O) groups excluding carboxylic acids is 2. The molecule has 2 aromatic carbocycles. The zero-order valence-electron chi connectivity index (χ0n) is 19.2. The maximum absolute atomic E-state index is 13.0. The zero-order chi connectivity index (χ0) is 23.5. The van der Waals surface area contributed by atoms with Gasteiger partial charge in [-0.15, -0.1) is 11.8 Å². The first-order chi connectivity index (χ1) is 16.6. The number of likely N-dealkylation sites (tertiary alicyclic amines) is 1. The maximum Gasteiger partial charge on any atom is 0.237 e. The molecule has 2 aromatic rings. The molecule has 5 rings (SSSR count). The predicted molar refractivity (Wildman–Crippen MR) is 134 cm³/mol. The van der Waals surface area contributed by atoms with E-state index in [1.165, 1.54) is 0 Å². The first-order valence-electron chi connectivity index (χ1n) is 11.7. The molecule has 178 valence electrons. The highest BCUT2D eigenvalue weighted by Gasteiger charge is 2.44. The van der Waals surface area contributed by atoms with Crippen LogP contribution in [-0.2, 0) is 16.1 Å². The van der Waals surface area contributed by atoms with Crippen LogP contribution in [0.25, 0.3) is 5.57 Å². The number of rotatable bonds is 6. The van der Waals surface area contributed by atoms with Crippen LogP contribution in [0, 0.1) is 5.92 Å². The summed E-state index contributed by atoms with van der Waals surface area (Å²) in [5.74, 6) is 0.801. The number of methoxy groups -OCH3 is 1. The van der Waals surface area contributed by atoms with E-state index in [2.05, 4.69) is 32.3 Å². The molecule has 0 bridgehead atoms. The number of ether oxygens (including phenoxy) is 1. The van der Waals surface area contributed by atoms with Gasteiger partial charge in [0.25, 0.3) is 0 Å². The number of thioether (sulfide) groups is 1. The molecule has 0 aromatic heterocycles. The van der Waals surface area contributed by atoms with Crippen LogP contribution in [0.15, 0.2) is 60.0 Å². The lowest BCUT2D eigenvalue weighted by molar-refractivity contribution is -0.129. The Labute approximate surface area is 204 Å². The standard InChI is InChI=1S/C26H30N4O3S/c1-33-20-11-5-9-18(13-20)21-16-34-23-22(21)28-26(29-25(23)32)30-12-6-10-19(15-30)24(31)27-14-17-7-3-2-4-8-17/h2-5,7-9,11,13,16,19,22-23,26,28H,6,10,12,14-15H2,1H3,(H,27,31)(H,29,32). The highest BCUT2D eigenvalue weighted by atomic mass is 32.2. The van der Waals surface area contributed by atoms with Crippen LogP contribution in [0.4, 0.5) is 0 Å². The van der Waals surface area contributed by atoms with Crippen molar-refractivity contribution < 1.29 is 14.3 Å². The Kier molecular flexibility index (Phi) is 6.89. The van der Waals surface area contributed by atoms with E-state index >= 15 is 0 Å². The third-order valence-corrected chi connectivity index (χ3v) is 7.93. The lowest BCUT2D eigenvalue weighted by Crippen LogP contribution is -2.69. The largest absolute Gasteiger partial charge is 0.497 e. The molecular formula is C26H30N4O3S. The molecule has 2 fully saturated rings. The number of amides is 2. The van der Waals surface area contributed by atoms with E-state index in [1.54, 1.807) is 18.9 Å². The van der Waals surface area contributed by atoms with E-state index < -0.39 is 0 Å². The average molecular weight is 479 g/mol. The Morgan fingerprint density at radius 2 is 2.06 bits per heavy atom. The molecule has 3 N–H and O–H groups in total. The third-order valence-electron chi connectivity index (χ3n) is 6.76. The number of hydrogen-bond donors (Lipinski definition) is 3. The van der Waals surface area contributed by atoms with Gasteiger partial charge < -0.3 is 15.4 Å². The molecule has 0 aliphatic carbocycles. The first kappa shape index (κ1) is 23.0. The van der Waals surface area contributed by atoms with Gasteiger partial charge in [0.2, 0.25) is 11.8 Å². The summed E-state index contributed by atoms with van der Waals surface area (Å²) < 4.78 is 5.39. The quantitative estimate of drug-likeness (QED) is 0.592. The Bertz CT molecular complexity index is 1080. The number of piperidine rings is 1. The van der Waals surface area contributed by atoms with Crippen LogP contribution in [-0.4, -0.2) is 54.5 Å². The SMILES string of the molecule is COc1cccc(C2=CSC3C(=O)NC(N4CCCC(C(=O)NCc5ccccc5)C4)NC23)c1. The van der Waals surface area contributed by atoms with Crippen molar-refractivity contribution >= 4 is 29.1 Å². The summed E-state index contributed by atoms with van der Waals surface area (Å²) in [7, 11) is 1.66. The monoisotopic (exact) mass is 478 g/mol. The number of fused-ring (bicyclic) bond motifs is 1. The average Bonchev–Trinajstić information content (AvgIpc) is 3.33. The van der Waals surface area contributed by atoms with E-state index in [-0.39, 0.29) is 35.3 Å². The van der Waals surface area contributed by atoms with Crippen LogP contribution in [0.1, 0.15) is 24.0 Å². The summed E-state index contributed by atoms with van der Waals surface area (Å²) in [6.45, 7) is 1.98.